The van der Waals surface area contributed by atoms with Crippen LogP contribution in [0.5, 0.6) is 0 Å². The fraction of sp³-hybridized carbons (Fsp3) is 0.188. The Morgan fingerprint density at radius 3 is 2.35 bits per heavy atom. The Bertz CT molecular complexity index is 705. The van der Waals surface area contributed by atoms with Gasteiger partial charge < -0.3 is 15.3 Å². The Kier molecular flexibility index (Phi) is 5.23. The Morgan fingerprint density at radius 2 is 1.74 bits per heavy atom. The molecule has 0 spiro atoms. The lowest BCUT2D eigenvalue weighted by atomic mass is 10.1. The third-order valence-corrected chi connectivity index (χ3v) is 3.28. The Hall–Kier alpha value is -2.54. The molecule has 2 N–H and O–H groups in total. The highest BCUT2D eigenvalue weighted by molar-refractivity contribution is 6.04. The molecule has 2 aromatic rings. The van der Waals surface area contributed by atoms with Gasteiger partial charge in [0.05, 0.1) is 12.2 Å². The van der Waals surface area contributed by atoms with Crippen LogP contribution in [0.1, 0.15) is 10.4 Å². The molecule has 0 radical (unpaired) electrons. The first-order chi connectivity index (χ1) is 10.9. The maximum atomic E-state index is 13.6. The highest BCUT2D eigenvalue weighted by atomic mass is 19.2. The fourth-order valence-electron chi connectivity index (χ4n) is 1.98. The number of hydrogen-bond acceptors (Lipinski definition) is 3. The summed E-state index contributed by atoms with van der Waals surface area (Å²) in [5, 5.41) is 11.3. The molecule has 122 valence electrons. The summed E-state index contributed by atoms with van der Waals surface area (Å²) in [6.07, 6.45) is 0. The van der Waals surface area contributed by atoms with Crippen molar-refractivity contribution < 1.29 is 23.1 Å². The van der Waals surface area contributed by atoms with Crippen LogP contribution in [-0.4, -0.2) is 31.2 Å². The van der Waals surface area contributed by atoms with E-state index in [4.69, 9.17) is 5.11 Å². The molecule has 0 saturated carbocycles. The van der Waals surface area contributed by atoms with Crippen LogP contribution in [0.25, 0.3) is 0 Å². The second-order valence-corrected chi connectivity index (χ2v) is 4.87. The van der Waals surface area contributed by atoms with Gasteiger partial charge in [0.1, 0.15) is 0 Å². The smallest absolute Gasteiger partial charge is 0.258 e. The summed E-state index contributed by atoms with van der Waals surface area (Å²) in [6, 6.07) is 8.14. The summed E-state index contributed by atoms with van der Waals surface area (Å²) in [4.78, 5) is 13.7. The maximum Gasteiger partial charge on any atom is 0.258 e. The van der Waals surface area contributed by atoms with Crippen molar-refractivity contribution in [2.75, 3.05) is 30.4 Å². The van der Waals surface area contributed by atoms with Crippen molar-refractivity contribution in [2.45, 2.75) is 0 Å². The van der Waals surface area contributed by atoms with Crippen molar-refractivity contribution in [1.82, 2.24) is 0 Å². The number of anilines is 2. The van der Waals surface area contributed by atoms with Crippen LogP contribution in [0.2, 0.25) is 0 Å². The number of carbonyl (C=O) groups is 1. The zero-order valence-corrected chi connectivity index (χ0v) is 12.3. The molecule has 2 rings (SSSR count). The van der Waals surface area contributed by atoms with Gasteiger partial charge in [-0.2, -0.15) is 0 Å². The lowest BCUT2D eigenvalue weighted by Gasteiger charge is -2.18. The number of benzene rings is 2. The molecule has 0 heterocycles. The van der Waals surface area contributed by atoms with Gasteiger partial charge in [-0.15, -0.1) is 0 Å². The van der Waals surface area contributed by atoms with E-state index in [2.05, 4.69) is 5.32 Å². The van der Waals surface area contributed by atoms with E-state index in [1.807, 2.05) is 0 Å². The average Bonchev–Trinajstić information content (AvgIpc) is 2.53. The lowest BCUT2D eigenvalue weighted by Crippen LogP contribution is -2.21. The lowest BCUT2D eigenvalue weighted by molar-refractivity contribution is 0.102. The number of rotatable bonds is 5. The average molecular weight is 324 g/mol. The molecule has 0 atom stereocenters. The maximum absolute atomic E-state index is 13.6. The van der Waals surface area contributed by atoms with Crippen LogP contribution in [0.4, 0.5) is 24.5 Å². The van der Waals surface area contributed by atoms with Gasteiger partial charge in [-0.3, -0.25) is 4.79 Å². The topological polar surface area (TPSA) is 52.6 Å². The van der Waals surface area contributed by atoms with Gasteiger partial charge >= 0.3 is 0 Å². The monoisotopic (exact) mass is 324 g/mol. The number of nitrogens with one attached hydrogen (secondary N) is 1. The quantitative estimate of drug-likeness (QED) is 0.832. The second kappa shape index (κ2) is 7.15. The van der Waals surface area contributed by atoms with Gasteiger partial charge in [-0.1, -0.05) is 0 Å². The minimum Gasteiger partial charge on any atom is -0.395 e. The van der Waals surface area contributed by atoms with Gasteiger partial charge in [-0.05, 0) is 36.4 Å². The normalized spacial score (nSPS) is 10.5. The van der Waals surface area contributed by atoms with E-state index in [0.29, 0.717) is 18.3 Å². The van der Waals surface area contributed by atoms with Crippen LogP contribution < -0.4 is 10.2 Å². The number of aliphatic hydroxyl groups is 1. The van der Waals surface area contributed by atoms with E-state index < -0.39 is 28.9 Å². The summed E-state index contributed by atoms with van der Waals surface area (Å²) in [5.74, 6) is -5.44. The highest BCUT2D eigenvalue weighted by Gasteiger charge is 2.18. The number of halogens is 3. The molecular weight excluding hydrogens is 309 g/mol. The first kappa shape index (κ1) is 16.8. The summed E-state index contributed by atoms with van der Waals surface area (Å²) in [7, 11) is 1.79. The zero-order chi connectivity index (χ0) is 17.0. The Labute approximate surface area is 131 Å². The summed E-state index contributed by atoms with van der Waals surface area (Å²) in [5.41, 5.74) is 0.613. The van der Waals surface area contributed by atoms with E-state index in [1.165, 1.54) is 0 Å². The molecule has 1 amide bonds. The molecule has 0 aromatic heterocycles. The van der Waals surface area contributed by atoms with Gasteiger partial charge in [0.15, 0.2) is 17.5 Å². The van der Waals surface area contributed by atoms with Crippen molar-refractivity contribution in [2.24, 2.45) is 0 Å². The van der Waals surface area contributed by atoms with E-state index in [9.17, 15) is 18.0 Å². The first-order valence-electron chi connectivity index (χ1n) is 6.81. The van der Waals surface area contributed by atoms with Gasteiger partial charge in [0, 0.05) is 25.0 Å². The number of nitrogens with zero attached hydrogens (tertiary/aromatic N) is 1. The van der Waals surface area contributed by atoms with Crippen LogP contribution in [-0.2, 0) is 0 Å². The molecule has 0 fully saturated rings. The van der Waals surface area contributed by atoms with Crippen LogP contribution in [0, 0.1) is 17.5 Å². The molecule has 0 bridgehead atoms. The molecule has 2 aromatic carbocycles. The minimum absolute atomic E-state index is 0.00436. The fourth-order valence-corrected chi connectivity index (χ4v) is 1.98. The molecule has 7 heteroatoms. The number of carbonyl (C=O) groups excluding carboxylic acids is 1. The predicted molar refractivity (Wildman–Crippen MR) is 81.1 cm³/mol. The SMILES string of the molecule is CN(CCO)c1ccc(NC(=O)c2ccc(F)c(F)c2F)cc1. The molecule has 0 aliphatic rings. The largest absolute Gasteiger partial charge is 0.395 e. The summed E-state index contributed by atoms with van der Waals surface area (Å²) >= 11 is 0. The molecule has 0 aliphatic carbocycles. The Balaban J connectivity index is 2.13. The molecule has 23 heavy (non-hydrogen) atoms. The number of hydrogen-bond donors (Lipinski definition) is 2. The van der Waals surface area contributed by atoms with Crippen molar-refractivity contribution in [3.8, 4) is 0 Å². The standard InChI is InChI=1S/C16H15F3N2O2/c1-21(8-9-22)11-4-2-10(3-5-11)20-16(23)12-6-7-13(17)15(19)14(12)18/h2-7,22H,8-9H2,1H3,(H,20,23). The number of likely N-dealkylation sites (N-methyl/N-ethyl adjacent to an activating group) is 1. The first-order valence-corrected chi connectivity index (χ1v) is 6.81. The molecule has 0 aliphatic heterocycles. The molecule has 0 unspecified atom stereocenters. The van der Waals surface area contributed by atoms with E-state index in [-0.39, 0.29) is 6.61 Å². The van der Waals surface area contributed by atoms with E-state index >= 15 is 0 Å². The predicted octanol–water partition coefficient (Wildman–Crippen LogP) is 2.78. The van der Waals surface area contributed by atoms with Gasteiger partial charge in [-0.25, -0.2) is 13.2 Å². The molecular formula is C16H15F3N2O2. The third kappa shape index (κ3) is 3.81. The summed E-state index contributed by atoms with van der Waals surface area (Å²) < 4.78 is 39.6. The van der Waals surface area contributed by atoms with Crippen LogP contribution >= 0.6 is 0 Å². The van der Waals surface area contributed by atoms with Crippen LogP contribution in [0.3, 0.4) is 0 Å². The van der Waals surface area contributed by atoms with Crippen molar-refractivity contribution >= 4 is 17.3 Å². The van der Waals surface area contributed by atoms with Crippen LogP contribution in [0.15, 0.2) is 36.4 Å². The molecule has 0 saturated heterocycles. The third-order valence-electron chi connectivity index (χ3n) is 3.28. The number of aliphatic hydroxyl groups excluding tert-OH is 1. The zero-order valence-electron chi connectivity index (χ0n) is 12.3. The van der Waals surface area contributed by atoms with E-state index in [1.54, 1.807) is 36.2 Å². The highest BCUT2D eigenvalue weighted by Crippen LogP contribution is 2.19. The van der Waals surface area contributed by atoms with Crippen molar-refractivity contribution in [3.63, 3.8) is 0 Å². The molecule has 4 nitrogen and oxygen atoms in total. The van der Waals surface area contributed by atoms with Gasteiger partial charge in [0.2, 0.25) is 0 Å². The van der Waals surface area contributed by atoms with Crippen molar-refractivity contribution in [3.05, 3.63) is 59.4 Å². The second-order valence-electron chi connectivity index (χ2n) is 4.87. The summed E-state index contributed by atoms with van der Waals surface area (Å²) in [6.45, 7) is 0.455. The minimum atomic E-state index is -1.68. The van der Waals surface area contributed by atoms with Crippen molar-refractivity contribution in [1.29, 1.82) is 0 Å². The number of amides is 1. The van der Waals surface area contributed by atoms with Gasteiger partial charge in [0.25, 0.3) is 5.91 Å². The van der Waals surface area contributed by atoms with E-state index in [0.717, 1.165) is 11.8 Å². The Morgan fingerprint density at radius 1 is 1.09 bits per heavy atom.